The number of hydrogen-bond donors (Lipinski definition) is 1. The van der Waals surface area contributed by atoms with E-state index < -0.39 is 11.6 Å². The van der Waals surface area contributed by atoms with Gasteiger partial charge in [-0.3, -0.25) is 9.59 Å². The Balaban J connectivity index is 1.82. The van der Waals surface area contributed by atoms with Gasteiger partial charge in [0.05, 0.1) is 5.57 Å². The van der Waals surface area contributed by atoms with Gasteiger partial charge in [0.1, 0.15) is 5.60 Å². The first kappa shape index (κ1) is 14.1. The normalized spacial score (nSPS) is 24.3. The fourth-order valence-electron chi connectivity index (χ4n) is 3.15. The Labute approximate surface area is 123 Å². The van der Waals surface area contributed by atoms with E-state index in [2.05, 4.69) is 5.32 Å². The van der Waals surface area contributed by atoms with Crippen LogP contribution in [0.2, 0.25) is 0 Å². The predicted molar refractivity (Wildman–Crippen MR) is 74.2 cm³/mol. The smallest absolute Gasteiger partial charge is 0.335 e. The van der Waals surface area contributed by atoms with E-state index >= 15 is 0 Å². The molecule has 114 valence electrons. The number of hydrogen-bond acceptors (Lipinski definition) is 4. The SMILES string of the molecule is CC(=O)N1CCC2(CC1)OC(=O)C(C)=C2C(=O)NC1CC1. The number of carbonyl (C=O) groups is 3. The van der Waals surface area contributed by atoms with Crippen LogP contribution < -0.4 is 5.32 Å². The summed E-state index contributed by atoms with van der Waals surface area (Å²) in [6.45, 7) is 4.20. The number of amides is 2. The van der Waals surface area contributed by atoms with E-state index in [0.717, 1.165) is 12.8 Å². The van der Waals surface area contributed by atoms with Gasteiger partial charge >= 0.3 is 5.97 Å². The molecule has 0 bridgehead atoms. The van der Waals surface area contributed by atoms with Crippen LogP contribution in [0.25, 0.3) is 0 Å². The van der Waals surface area contributed by atoms with E-state index in [9.17, 15) is 14.4 Å². The Hall–Kier alpha value is -1.85. The molecule has 1 aliphatic carbocycles. The van der Waals surface area contributed by atoms with Gasteiger partial charge < -0.3 is 15.0 Å². The van der Waals surface area contributed by atoms with Crippen LogP contribution >= 0.6 is 0 Å². The molecule has 0 atom stereocenters. The van der Waals surface area contributed by atoms with Crippen molar-refractivity contribution in [1.82, 2.24) is 10.2 Å². The van der Waals surface area contributed by atoms with E-state index in [1.165, 1.54) is 6.92 Å². The minimum Gasteiger partial charge on any atom is -0.450 e. The highest BCUT2D eigenvalue weighted by Crippen LogP contribution is 2.41. The van der Waals surface area contributed by atoms with Crippen molar-refractivity contribution in [2.24, 2.45) is 0 Å². The molecule has 6 nitrogen and oxygen atoms in total. The Bertz CT molecular complexity index is 540. The van der Waals surface area contributed by atoms with Crippen LogP contribution in [-0.4, -0.2) is 47.4 Å². The van der Waals surface area contributed by atoms with E-state index in [0.29, 0.717) is 37.1 Å². The van der Waals surface area contributed by atoms with E-state index in [1.54, 1.807) is 11.8 Å². The lowest BCUT2D eigenvalue weighted by Crippen LogP contribution is -2.50. The van der Waals surface area contributed by atoms with Crippen LogP contribution in [0.1, 0.15) is 39.5 Å². The molecule has 3 rings (SSSR count). The Morgan fingerprint density at radius 2 is 1.90 bits per heavy atom. The second kappa shape index (κ2) is 4.86. The average Bonchev–Trinajstić information content (AvgIpc) is 3.19. The molecule has 1 saturated carbocycles. The summed E-state index contributed by atoms with van der Waals surface area (Å²) < 4.78 is 5.55. The maximum absolute atomic E-state index is 12.5. The summed E-state index contributed by atoms with van der Waals surface area (Å²) in [6.07, 6.45) is 2.97. The molecule has 1 spiro atoms. The van der Waals surface area contributed by atoms with Crippen LogP contribution in [0.5, 0.6) is 0 Å². The summed E-state index contributed by atoms with van der Waals surface area (Å²) in [5, 5.41) is 2.94. The first-order valence-electron chi connectivity index (χ1n) is 7.44. The number of carbonyl (C=O) groups excluding carboxylic acids is 3. The molecule has 21 heavy (non-hydrogen) atoms. The number of ether oxygens (including phenoxy) is 1. The maximum Gasteiger partial charge on any atom is 0.335 e. The van der Waals surface area contributed by atoms with Crippen molar-refractivity contribution in [2.45, 2.75) is 51.2 Å². The van der Waals surface area contributed by atoms with Crippen LogP contribution in [0.4, 0.5) is 0 Å². The third-order valence-electron chi connectivity index (χ3n) is 4.58. The highest BCUT2D eigenvalue weighted by atomic mass is 16.6. The van der Waals surface area contributed by atoms with Crippen molar-refractivity contribution in [1.29, 1.82) is 0 Å². The molecule has 2 heterocycles. The summed E-state index contributed by atoms with van der Waals surface area (Å²) in [6, 6.07) is 0.239. The second-order valence-corrected chi connectivity index (χ2v) is 6.14. The zero-order valence-corrected chi connectivity index (χ0v) is 12.4. The van der Waals surface area contributed by atoms with Crippen molar-refractivity contribution in [3.8, 4) is 0 Å². The molecule has 1 saturated heterocycles. The van der Waals surface area contributed by atoms with Crippen molar-refractivity contribution in [3.05, 3.63) is 11.1 Å². The number of esters is 1. The lowest BCUT2D eigenvalue weighted by molar-refractivity contribution is -0.152. The molecule has 6 heteroatoms. The highest BCUT2D eigenvalue weighted by molar-refractivity contribution is 6.07. The van der Waals surface area contributed by atoms with Crippen LogP contribution in [0.3, 0.4) is 0 Å². The Morgan fingerprint density at radius 3 is 2.43 bits per heavy atom. The molecule has 0 aromatic carbocycles. The molecule has 2 fully saturated rings. The quantitative estimate of drug-likeness (QED) is 0.753. The average molecular weight is 292 g/mol. The van der Waals surface area contributed by atoms with Crippen molar-refractivity contribution >= 4 is 17.8 Å². The molecular formula is C15H20N2O4. The van der Waals surface area contributed by atoms with Gasteiger partial charge in [0.2, 0.25) is 5.91 Å². The summed E-state index contributed by atoms with van der Waals surface area (Å²) in [5.41, 5.74) is 0.0403. The van der Waals surface area contributed by atoms with Gasteiger partial charge in [-0.2, -0.15) is 0 Å². The molecule has 2 amide bonds. The number of piperidine rings is 1. The second-order valence-electron chi connectivity index (χ2n) is 6.14. The molecule has 0 aromatic rings. The zero-order chi connectivity index (χ0) is 15.2. The Kier molecular flexibility index (Phi) is 3.26. The molecular weight excluding hydrogens is 272 g/mol. The standard InChI is InChI=1S/C15H20N2O4/c1-9-12(13(19)16-11-3-4-11)15(21-14(9)20)5-7-17(8-6-15)10(2)18/h11H,3-8H2,1-2H3,(H,16,19). The minimum atomic E-state index is -0.841. The summed E-state index contributed by atoms with van der Waals surface area (Å²) in [7, 11) is 0. The molecule has 2 aliphatic heterocycles. The van der Waals surface area contributed by atoms with Crippen molar-refractivity contribution in [2.75, 3.05) is 13.1 Å². The number of likely N-dealkylation sites (tertiary alicyclic amines) is 1. The minimum absolute atomic E-state index is 0.0128. The van der Waals surface area contributed by atoms with Gasteiger partial charge in [-0.1, -0.05) is 0 Å². The van der Waals surface area contributed by atoms with Gasteiger partial charge in [-0.15, -0.1) is 0 Å². The maximum atomic E-state index is 12.5. The largest absolute Gasteiger partial charge is 0.450 e. The topological polar surface area (TPSA) is 75.7 Å². The fraction of sp³-hybridized carbons (Fsp3) is 0.667. The van der Waals surface area contributed by atoms with Crippen LogP contribution in [-0.2, 0) is 19.1 Å². The van der Waals surface area contributed by atoms with Crippen LogP contribution in [0, 0.1) is 0 Å². The van der Waals surface area contributed by atoms with E-state index in [4.69, 9.17) is 4.74 Å². The fourth-order valence-corrected chi connectivity index (χ4v) is 3.15. The number of nitrogens with one attached hydrogen (secondary N) is 1. The van der Waals surface area contributed by atoms with Gasteiger partial charge in [0.15, 0.2) is 0 Å². The molecule has 0 radical (unpaired) electrons. The Morgan fingerprint density at radius 1 is 1.29 bits per heavy atom. The van der Waals surface area contributed by atoms with Gasteiger partial charge in [0, 0.05) is 44.5 Å². The predicted octanol–water partition coefficient (Wildman–Crippen LogP) is 0.519. The summed E-state index contributed by atoms with van der Waals surface area (Å²) >= 11 is 0. The third-order valence-corrected chi connectivity index (χ3v) is 4.58. The molecule has 1 N–H and O–H groups in total. The molecule has 0 aromatic heterocycles. The lowest BCUT2D eigenvalue weighted by Gasteiger charge is -2.39. The van der Waals surface area contributed by atoms with Crippen LogP contribution in [0.15, 0.2) is 11.1 Å². The number of rotatable bonds is 2. The van der Waals surface area contributed by atoms with Gasteiger partial charge in [-0.05, 0) is 19.8 Å². The molecule has 3 aliphatic rings. The zero-order valence-electron chi connectivity index (χ0n) is 12.4. The van der Waals surface area contributed by atoms with Gasteiger partial charge in [0.25, 0.3) is 5.91 Å². The van der Waals surface area contributed by atoms with Crippen molar-refractivity contribution < 1.29 is 19.1 Å². The van der Waals surface area contributed by atoms with E-state index in [1.807, 2.05) is 0 Å². The summed E-state index contributed by atoms with van der Waals surface area (Å²) in [5.74, 6) is -0.580. The van der Waals surface area contributed by atoms with Gasteiger partial charge in [-0.25, -0.2) is 4.79 Å². The summed E-state index contributed by atoms with van der Waals surface area (Å²) in [4.78, 5) is 37.5. The first-order chi connectivity index (χ1) is 9.93. The monoisotopic (exact) mass is 292 g/mol. The molecule has 0 unspecified atom stereocenters. The van der Waals surface area contributed by atoms with E-state index in [-0.39, 0.29) is 17.9 Å². The highest BCUT2D eigenvalue weighted by Gasteiger charge is 2.51. The first-order valence-corrected chi connectivity index (χ1v) is 7.44. The number of nitrogens with zero attached hydrogens (tertiary/aromatic N) is 1. The van der Waals surface area contributed by atoms with Crippen molar-refractivity contribution in [3.63, 3.8) is 0 Å². The lowest BCUT2D eigenvalue weighted by atomic mass is 9.82. The third kappa shape index (κ3) is 2.43.